The molecule has 0 saturated carbocycles. The van der Waals surface area contributed by atoms with Gasteiger partial charge in [-0.3, -0.25) is 4.79 Å². The van der Waals surface area contributed by atoms with Crippen LogP contribution in [0, 0.1) is 6.92 Å². The Morgan fingerprint density at radius 3 is 2.71 bits per heavy atom. The maximum atomic E-state index is 10.6. The summed E-state index contributed by atoms with van der Waals surface area (Å²) in [6.45, 7) is 3.89. The first-order chi connectivity index (χ1) is 6.79. The number of carbonyl (C=O) groups excluding carboxylic acids is 1. The summed E-state index contributed by atoms with van der Waals surface area (Å²) >= 11 is 0. The minimum Gasteiger partial charge on any atom is -0.341 e. The van der Waals surface area contributed by atoms with Crippen molar-refractivity contribution in [3.8, 4) is 0 Å². The van der Waals surface area contributed by atoms with Gasteiger partial charge in [0.05, 0.1) is 0 Å². The Labute approximate surface area is 83.0 Å². The molecule has 1 aliphatic rings. The number of rotatable bonds is 2. The fourth-order valence-corrected chi connectivity index (χ4v) is 1.70. The van der Waals surface area contributed by atoms with Gasteiger partial charge < -0.3 is 4.90 Å². The van der Waals surface area contributed by atoms with Gasteiger partial charge in [0.2, 0.25) is 5.95 Å². The van der Waals surface area contributed by atoms with E-state index >= 15 is 0 Å². The predicted octanol–water partition coefficient (Wildman–Crippen LogP) is 1.20. The van der Waals surface area contributed by atoms with Gasteiger partial charge in [0.15, 0.2) is 6.29 Å². The first kappa shape index (κ1) is 9.12. The SMILES string of the molecule is Cc1cc(C=O)nc(N2CCCC2)n1. The summed E-state index contributed by atoms with van der Waals surface area (Å²) in [4.78, 5) is 21.2. The second kappa shape index (κ2) is 3.74. The molecule has 0 atom stereocenters. The Morgan fingerprint density at radius 2 is 2.07 bits per heavy atom. The van der Waals surface area contributed by atoms with Gasteiger partial charge in [0.25, 0.3) is 0 Å². The van der Waals surface area contributed by atoms with Crippen LogP contribution in [0.15, 0.2) is 6.07 Å². The lowest BCUT2D eigenvalue weighted by atomic mass is 10.3. The lowest BCUT2D eigenvalue weighted by molar-refractivity contribution is 0.111. The molecule has 0 N–H and O–H groups in total. The number of anilines is 1. The van der Waals surface area contributed by atoms with E-state index in [0.29, 0.717) is 11.6 Å². The number of aryl methyl sites for hydroxylation is 1. The van der Waals surface area contributed by atoms with Crippen LogP contribution in [0.4, 0.5) is 5.95 Å². The molecule has 1 aliphatic heterocycles. The van der Waals surface area contributed by atoms with Crippen LogP contribution in [-0.4, -0.2) is 29.3 Å². The molecule has 1 saturated heterocycles. The third kappa shape index (κ3) is 1.73. The molecule has 2 rings (SSSR count). The Bertz CT molecular complexity index is 345. The first-order valence-corrected chi connectivity index (χ1v) is 4.85. The van der Waals surface area contributed by atoms with Gasteiger partial charge in [-0.05, 0) is 25.8 Å². The molecule has 1 aromatic rings. The molecule has 0 spiro atoms. The number of nitrogens with zero attached hydrogens (tertiary/aromatic N) is 3. The quantitative estimate of drug-likeness (QED) is 0.659. The molecule has 0 aromatic carbocycles. The highest BCUT2D eigenvalue weighted by molar-refractivity contribution is 5.72. The van der Waals surface area contributed by atoms with Crippen molar-refractivity contribution in [1.82, 2.24) is 9.97 Å². The molecule has 0 bridgehead atoms. The normalized spacial score (nSPS) is 15.9. The molecule has 74 valence electrons. The summed E-state index contributed by atoms with van der Waals surface area (Å²) in [5.41, 5.74) is 1.32. The highest BCUT2D eigenvalue weighted by Crippen LogP contribution is 2.15. The standard InChI is InChI=1S/C10H13N3O/c1-8-6-9(7-14)12-10(11-8)13-4-2-3-5-13/h6-7H,2-5H2,1H3. The molecule has 0 aliphatic carbocycles. The fourth-order valence-electron chi connectivity index (χ4n) is 1.70. The molecular formula is C10H13N3O. The van der Waals surface area contributed by atoms with Crippen molar-refractivity contribution in [3.63, 3.8) is 0 Å². The Balaban J connectivity index is 2.31. The summed E-state index contributed by atoms with van der Waals surface area (Å²) in [5.74, 6) is 0.699. The molecule has 4 heteroatoms. The highest BCUT2D eigenvalue weighted by atomic mass is 16.1. The van der Waals surface area contributed by atoms with Crippen LogP contribution in [0.2, 0.25) is 0 Å². The van der Waals surface area contributed by atoms with E-state index in [1.165, 1.54) is 12.8 Å². The fraction of sp³-hybridized carbons (Fsp3) is 0.500. The maximum Gasteiger partial charge on any atom is 0.226 e. The van der Waals surface area contributed by atoms with E-state index in [0.717, 1.165) is 25.1 Å². The summed E-state index contributed by atoms with van der Waals surface area (Å²) < 4.78 is 0. The van der Waals surface area contributed by atoms with Gasteiger partial charge in [-0.15, -0.1) is 0 Å². The smallest absolute Gasteiger partial charge is 0.226 e. The third-order valence-corrected chi connectivity index (χ3v) is 2.37. The number of aldehydes is 1. The van der Waals surface area contributed by atoms with Crippen molar-refractivity contribution < 1.29 is 4.79 Å². The number of aromatic nitrogens is 2. The van der Waals surface area contributed by atoms with Crippen molar-refractivity contribution in [2.75, 3.05) is 18.0 Å². The second-order valence-electron chi connectivity index (χ2n) is 3.55. The summed E-state index contributed by atoms with van der Waals surface area (Å²) in [6.07, 6.45) is 3.15. The average molecular weight is 191 g/mol. The maximum absolute atomic E-state index is 10.6. The van der Waals surface area contributed by atoms with Gasteiger partial charge in [0.1, 0.15) is 5.69 Å². The lowest BCUT2D eigenvalue weighted by Gasteiger charge is -2.15. The Hall–Kier alpha value is -1.45. The lowest BCUT2D eigenvalue weighted by Crippen LogP contribution is -2.21. The molecule has 0 unspecified atom stereocenters. The van der Waals surface area contributed by atoms with Crippen molar-refractivity contribution in [3.05, 3.63) is 17.5 Å². The molecule has 2 heterocycles. The second-order valence-corrected chi connectivity index (χ2v) is 3.55. The van der Waals surface area contributed by atoms with Crippen LogP contribution < -0.4 is 4.90 Å². The topological polar surface area (TPSA) is 46.1 Å². The van der Waals surface area contributed by atoms with Crippen LogP contribution in [0.3, 0.4) is 0 Å². The first-order valence-electron chi connectivity index (χ1n) is 4.85. The summed E-state index contributed by atoms with van der Waals surface area (Å²) in [7, 11) is 0. The highest BCUT2D eigenvalue weighted by Gasteiger charge is 2.15. The van der Waals surface area contributed by atoms with E-state index in [1.807, 2.05) is 6.92 Å². The number of hydrogen-bond acceptors (Lipinski definition) is 4. The number of hydrogen-bond donors (Lipinski definition) is 0. The molecule has 0 radical (unpaired) electrons. The van der Waals surface area contributed by atoms with Gasteiger partial charge >= 0.3 is 0 Å². The third-order valence-electron chi connectivity index (χ3n) is 2.37. The van der Waals surface area contributed by atoms with E-state index < -0.39 is 0 Å². The predicted molar refractivity (Wildman–Crippen MR) is 53.6 cm³/mol. The molecular weight excluding hydrogens is 178 g/mol. The Kier molecular flexibility index (Phi) is 2.43. The molecule has 14 heavy (non-hydrogen) atoms. The van der Waals surface area contributed by atoms with Crippen molar-refractivity contribution >= 4 is 12.2 Å². The van der Waals surface area contributed by atoms with Crippen LogP contribution >= 0.6 is 0 Å². The van der Waals surface area contributed by atoms with E-state index in [1.54, 1.807) is 6.07 Å². The average Bonchev–Trinajstić information content (AvgIpc) is 2.69. The van der Waals surface area contributed by atoms with E-state index in [-0.39, 0.29) is 0 Å². The zero-order valence-electron chi connectivity index (χ0n) is 8.23. The van der Waals surface area contributed by atoms with Gasteiger partial charge in [-0.1, -0.05) is 0 Å². The molecule has 1 fully saturated rings. The van der Waals surface area contributed by atoms with Gasteiger partial charge in [-0.25, -0.2) is 9.97 Å². The largest absolute Gasteiger partial charge is 0.341 e. The molecule has 0 amide bonds. The summed E-state index contributed by atoms with van der Waals surface area (Å²) in [5, 5.41) is 0. The van der Waals surface area contributed by atoms with Crippen LogP contribution in [0.5, 0.6) is 0 Å². The number of carbonyl (C=O) groups is 1. The van der Waals surface area contributed by atoms with Crippen LogP contribution in [0.25, 0.3) is 0 Å². The van der Waals surface area contributed by atoms with Crippen LogP contribution in [0.1, 0.15) is 29.0 Å². The minimum atomic E-state index is 0.472. The monoisotopic (exact) mass is 191 g/mol. The van der Waals surface area contributed by atoms with Crippen molar-refractivity contribution in [1.29, 1.82) is 0 Å². The van der Waals surface area contributed by atoms with Gasteiger partial charge in [-0.2, -0.15) is 0 Å². The Morgan fingerprint density at radius 1 is 1.36 bits per heavy atom. The van der Waals surface area contributed by atoms with E-state index in [4.69, 9.17) is 0 Å². The van der Waals surface area contributed by atoms with Crippen LogP contribution in [-0.2, 0) is 0 Å². The van der Waals surface area contributed by atoms with Crippen molar-refractivity contribution in [2.45, 2.75) is 19.8 Å². The molecule has 1 aromatic heterocycles. The van der Waals surface area contributed by atoms with E-state index in [9.17, 15) is 4.79 Å². The summed E-state index contributed by atoms with van der Waals surface area (Å²) in [6, 6.07) is 1.70. The zero-order valence-corrected chi connectivity index (χ0v) is 8.23. The molecule has 4 nitrogen and oxygen atoms in total. The van der Waals surface area contributed by atoms with Gasteiger partial charge in [0, 0.05) is 18.8 Å². The minimum absolute atomic E-state index is 0.472. The van der Waals surface area contributed by atoms with E-state index in [2.05, 4.69) is 14.9 Å². The zero-order chi connectivity index (χ0) is 9.97. The van der Waals surface area contributed by atoms with Crippen molar-refractivity contribution in [2.24, 2.45) is 0 Å².